The van der Waals surface area contributed by atoms with Gasteiger partial charge in [0.2, 0.25) is 0 Å². The van der Waals surface area contributed by atoms with Gasteiger partial charge < -0.3 is 9.84 Å². The zero-order valence-electron chi connectivity index (χ0n) is 10.0. The maximum absolute atomic E-state index is 9.91. The summed E-state index contributed by atoms with van der Waals surface area (Å²) in [7, 11) is 1.66. The molecule has 0 amide bonds. The molecule has 0 bridgehead atoms. The number of rotatable bonds is 6. The fourth-order valence-corrected chi connectivity index (χ4v) is 1.68. The second-order valence-corrected chi connectivity index (χ2v) is 4.02. The first-order chi connectivity index (χ1) is 7.74. The van der Waals surface area contributed by atoms with Gasteiger partial charge in [-0.2, -0.15) is 0 Å². The maximum atomic E-state index is 9.91. The SMILES string of the molecule is CO/C=C(\C)CCC[C@@H](O)c1ccccc1. The first-order valence-corrected chi connectivity index (χ1v) is 5.65. The van der Waals surface area contributed by atoms with Crippen LogP contribution in [0.25, 0.3) is 0 Å². The average Bonchev–Trinajstić information content (AvgIpc) is 2.30. The topological polar surface area (TPSA) is 29.5 Å². The van der Waals surface area contributed by atoms with Gasteiger partial charge in [0.25, 0.3) is 0 Å². The molecular formula is C14H20O2. The molecule has 2 nitrogen and oxygen atoms in total. The van der Waals surface area contributed by atoms with E-state index in [1.165, 1.54) is 5.57 Å². The molecule has 1 N–H and O–H groups in total. The van der Waals surface area contributed by atoms with E-state index in [1.807, 2.05) is 37.3 Å². The van der Waals surface area contributed by atoms with Crippen LogP contribution in [-0.4, -0.2) is 12.2 Å². The number of ether oxygens (including phenoxy) is 1. The van der Waals surface area contributed by atoms with E-state index in [9.17, 15) is 5.11 Å². The minimum absolute atomic E-state index is 0.350. The third-order valence-electron chi connectivity index (χ3n) is 2.55. The third-order valence-corrected chi connectivity index (χ3v) is 2.55. The van der Waals surface area contributed by atoms with Crippen LogP contribution < -0.4 is 0 Å². The van der Waals surface area contributed by atoms with Gasteiger partial charge in [-0.3, -0.25) is 0 Å². The van der Waals surface area contributed by atoms with Crippen LogP contribution in [-0.2, 0) is 4.74 Å². The second-order valence-electron chi connectivity index (χ2n) is 4.02. The lowest BCUT2D eigenvalue weighted by atomic mass is 10.0. The molecule has 1 rings (SSSR count). The van der Waals surface area contributed by atoms with Crippen LogP contribution in [0.3, 0.4) is 0 Å². The minimum atomic E-state index is -0.350. The fraction of sp³-hybridized carbons (Fsp3) is 0.429. The summed E-state index contributed by atoms with van der Waals surface area (Å²) in [6.45, 7) is 2.04. The van der Waals surface area contributed by atoms with Crippen LogP contribution >= 0.6 is 0 Å². The van der Waals surface area contributed by atoms with Crippen LogP contribution in [0.5, 0.6) is 0 Å². The summed E-state index contributed by atoms with van der Waals surface area (Å²) >= 11 is 0. The van der Waals surface area contributed by atoms with Gasteiger partial charge in [-0.1, -0.05) is 30.3 Å². The predicted molar refractivity (Wildman–Crippen MR) is 66.0 cm³/mol. The fourth-order valence-electron chi connectivity index (χ4n) is 1.68. The monoisotopic (exact) mass is 220 g/mol. The van der Waals surface area contributed by atoms with Gasteiger partial charge in [0.1, 0.15) is 0 Å². The van der Waals surface area contributed by atoms with Crippen molar-refractivity contribution in [2.24, 2.45) is 0 Å². The van der Waals surface area contributed by atoms with E-state index in [0.29, 0.717) is 0 Å². The Kier molecular flexibility index (Phi) is 5.65. The quantitative estimate of drug-likeness (QED) is 0.744. The Bertz CT molecular complexity index is 317. The van der Waals surface area contributed by atoms with E-state index >= 15 is 0 Å². The lowest BCUT2D eigenvalue weighted by Gasteiger charge is -2.10. The molecule has 0 aliphatic rings. The Morgan fingerprint density at radius 3 is 2.69 bits per heavy atom. The highest BCUT2D eigenvalue weighted by molar-refractivity contribution is 5.17. The first-order valence-electron chi connectivity index (χ1n) is 5.65. The highest BCUT2D eigenvalue weighted by Gasteiger charge is 2.05. The van der Waals surface area contributed by atoms with Crippen LogP contribution in [0.2, 0.25) is 0 Å². The Morgan fingerprint density at radius 1 is 1.38 bits per heavy atom. The summed E-state index contributed by atoms with van der Waals surface area (Å²) in [6.07, 6.45) is 4.14. The molecule has 1 aromatic rings. The van der Waals surface area contributed by atoms with Gasteiger partial charge in [-0.25, -0.2) is 0 Å². The lowest BCUT2D eigenvalue weighted by molar-refractivity contribution is 0.164. The van der Waals surface area contributed by atoms with Gasteiger partial charge in [-0.15, -0.1) is 0 Å². The van der Waals surface area contributed by atoms with Gasteiger partial charge in [0, 0.05) is 0 Å². The summed E-state index contributed by atoms with van der Waals surface area (Å²) < 4.78 is 4.92. The van der Waals surface area contributed by atoms with Crippen LogP contribution in [0, 0.1) is 0 Å². The van der Waals surface area contributed by atoms with E-state index in [2.05, 4.69) is 0 Å². The molecule has 16 heavy (non-hydrogen) atoms. The zero-order chi connectivity index (χ0) is 11.8. The van der Waals surface area contributed by atoms with Crippen LogP contribution in [0.1, 0.15) is 37.9 Å². The van der Waals surface area contributed by atoms with Crippen molar-refractivity contribution in [2.45, 2.75) is 32.3 Å². The molecule has 0 fully saturated rings. The molecule has 0 saturated carbocycles. The molecule has 0 heterocycles. The first kappa shape index (κ1) is 12.8. The molecule has 0 aromatic heterocycles. The zero-order valence-corrected chi connectivity index (χ0v) is 10.0. The van der Waals surface area contributed by atoms with Gasteiger partial charge in [0.05, 0.1) is 19.5 Å². The summed E-state index contributed by atoms with van der Waals surface area (Å²) in [5.74, 6) is 0. The molecule has 0 radical (unpaired) electrons. The van der Waals surface area contributed by atoms with Crippen molar-refractivity contribution in [2.75, 3.05) is 7.11 Å². The van der Waals surface area contributed by atoms with Crippen molar-refractivity contribution in [3.05, 3.63) is 47.7 Å². The summed E-state index contributed by atoms with van der Waals surface area (Å²) in [4.78, 5) is 0. The minimum Gasteiger partial charge on any atom is -0.504 e. The Labute approximate surface area is 97.6 Å². The average molecular weight is 220 g/mol. The number of aliphatic hydroxyl groups is 1. The molecule has 1 atom stereocenters. The largest absolute Gasteiger partial charge is 0.504 e. The molecule has 2 heteroatoms. The molecule has 0 aliphatic carbocycles. The van der Waals surface area contributed by atoms with Crippen molar-refractivity contribution >= 4 is 0 Å². The summed E-state index contributed by atoms with van der Waals surface area (Å²) in [5.41, 5.74) is 2.21. The van der Waals surface area contributed by atoms with Gasteiger partial charge in [-0.05, 0) is 37.3 Å². The number of benzene rings is 1. The lowest BCUT2D eigenvalue weighted by Crippen LogP contribution is -1.97. The molecular weight excluding hydrogens is 200 g/mol. The highest BCUT2D eigenvalue weighted by atomic mass is 16.5. The summed E-state index contributed by atoms with van der Waals surface area (Å²) in [6, 6.07) is 9.79. The molecule has 88 valence electrons. The van der Waals surface area contributed by atoms with Gasteiger partial charge >= 0.3 is 0 Å². The van der Waals surface area contributed by atoms with Crippen LogP contribution in [0.4, 0.5) is 0 Å². The van der Waals surface area contributed by atoms with Crippen LogP contribution in [0.15, 0.2) is 42.2 Å². The number of allylic oxidation sites excluding steroid dienone is 1. The van der Waals surface area contributed by atoms with Gasteiger partial charge in [0.15, 0.2) is 0 Å². The molecule has 0 spiro atoms. The normalized spacial score (nSPS) is 13.6. The number of methoxy groups -OCH3 is 1. The second kappa shape index (κ2) is 7.07. The number of hydrogen-bond acceptors (Lipinski definition) is 2. The number of hydrogen-bond donors (Lipinski definition) is 1. The summed E-state index contributed by atoms with van der Waals surface area (Å²) in [5, 5.41) is 9.91. The standard InChI is InChI=1S/C14H20O2/c1-12(11-16-2)7-6-10-14(15)13-8-4-3-5-9-13/h3-5,8-9,11,14-15H,6-7,10H2,1-2H3/b12-11+/t14-/m1/s1. The molecule has 0 saturated heterocycles. The van der Waals surface area contributed by atoms with Crippen molar-refractivity contribution < 1.29 is 9.84 Å². The van der Waals surface area contributed by atoms with E-state index in [4.69, 9.17) is 4.74 Å². The van der Waals surface area contributed by atoms with E-state index in [0.717, 1.165) is 24.8 Å². The van der Waals surface area contributed by atoms with E-state index in [1.54, 1.807) is 13.4 Å². The van der Waals surface area contributed by atoms with Crippen molar-refractivity contribution in [1.29, 1.82) is 0 Å². The van der Waals surface area contributed by atoms with E-state index < -0.39 is 0 Å². The van der Waals surface area contributed by atoms with Crippen molar-refractivity contribution in [3.8, 4) is 0 Å². The Balaban J connectivity index is 2.31. The van der Waals surface area contributed by atoms with E-state index in [-0.39, 0.29) is 6.10 Å². The highest BCUT2D eigenvalue weighted by Crippen LogP contribution is 2.19. The maximum Gasteiger partial charge on any atom is 0.0813 e. The molecule has 0 unspecified atom stereocenters. The Morgan fingerprint density at radius 2 is 2.06 bits per heavy atom. The Hall–Kier alpha value is -1.28. The van der Waals surface area contributed by atoms with Crippen molar-refractivity contribution in [3.63, 3.8) is 0 Å². The predicted octanol–water partition coefficient (Wildman–Crippen LogP) is 3.44. The smallest absolute Gasteiger partial charge is 0.0813 e. The molecule has 0 aliphatic heterocycles. The van der Waals surface area contributed by atoms with Crippen molar-refractivity contribution in [1.82, 2.24) is 0 Å². The number of aliphatic hydroxyl groups excluding tert-OH is 1. The third kappa shape index (κ3) is 4.49. The molecule has 1 aromatic carbocycles.